The third kappa shape index (κ3) is 2.87. The second kappa shape index (κ2) is 5.93. The Bertz CT molecular complexity index is 777. The maximum Gasteiger partial charge on any atom is 0.270 e. The third-order valence-electron chi connectivity index (χ3n) is 3.11. The number of fused-ring (bicyclic) bond motifs is 1. The number of nitrogens with zero attached hydrogens (tertiary/aromatic N) is 1. The Kier molecular flexibility index (Phi) is 3.83. The molecule has 1 aromatic heterocycles. The van der Waals surface area contributed by atoms with Gasteiger partial charge >= 0.3 is 0 Å². The van der Waals surface area contributed by atoms with Crippen LogP contribution < -0.4 is 10.6 Å². The molecule has 0 aliphatic rings. The smallest absolute Gasteiger partial charge is 0.270 e. The second-order valence-corrected chi connectivity index (χ2v) is 5.41. The van der Waals surface area contributed by atoms with Crippen molar-refractivity contribution >= 4 is 38.8 Å². The van der Waals surface area contributed by atoms with E-state index in [9.17, 15) is 4.79 Å². The molecule has 0 spiro atoms. The molecule has 0 aliphatic heterocycles. The van der Waals surface area contributed by atoms with Gasteiger partial charge in [0.2, 0.25) is 0 Å². The Labute approximate surface area is 126 Å². The molecule has 0 unspecified atom stereocenters. The molecule has 3 rings (SSSR count). The van der Waals surface area contributed by atoms with Gasteiger partial charge in [-0.05, 0) is 18.4 Å². The first kappa shape index (κ1) is 13.6. The van der Waals surface area contributed by atoms with E-state index < -0.39 is 0 Å². The molecule has 2 aromatic carbocycles. The molecule has 0 saturated heterocycles. The van der Waals surface area contributed by atoms with Crippen molar-refractivity contribution in [2.24, 2.45) is 0 Å². The standard InChI is InChI=1S/C16H15N3OS/c1-2-17-15(20)14-10-21-16(19-14)18-13-9-5-7-11-6-3-4-8-12(11)13/h3-10H,2H2,1H3,(H,17,20)(H,18,19). The van der Waals surface area contributed by atoms with Crippen molar-refractivity contribution in [3.05, 3.63) is 53.5 Å². The van der Waals surface area contributed by atoms with Crippen LogP contribution >= 0.6 is 11.3 Å². The highest BCUT2D eigenvalue weighted by Gasteiger charge is 2.10. The zero-order valence-corrected chi connectivity index (χ0v) is 12.4. The quantitative estimate of drug-likeness (QED) is 0.770. The SMILES string of the molecule is CCNC(=O)c1csc(Nc2cccc3ccccc23)n1. The van der Waals surface area contributed by atoms with Crippen molar-refractivity contribution in [1.29, 1.82) is 0 Å². The van der Waals surface area contributed by atoms with E-state index in [0.29, 0.717) is 17.4 Å². The molecular weight excluding hydrogens is 282 g/mol. The van der Waals surface area contributed by atoms with Crippen molar-refractivity contribution in [3.8, 4) is 0 Å². The lowest BCUT2D eigenvalue weighted by molar-refractivity contribution is 0.0951. The van der Waals surface area contributed by atoms with Crippen LogP contribution in [0.3, 0.4) is 0 Å². The lowest BCUT2D eigenvalue weighted by Crippen LogP contribution is -2.22. The summed E-state index contributed by atoms with van der Waals surface area (Å²) in [6.07, 6.45) is 0. The number of benzene rings is 2. The Balaban J connectivity index is 1.87. The molecular formula is C16H15N3OS. The molecule has 2 N–H and O–H groups in total. The molecule has 0 saturated carbocycles. The summed E-state index contributed by atoms with van der Waals surface area (Å²) < 4.78 is 0. The van der Waals surface area contributed by atoms with Gasteiger partial charge in [0.15, 0.2) is 5.13 Å². The van der Waals surface area contributed by atoms with Gasteiger partial charge in [-0.3, -0.25) is 4.79 Å². The molecule has 1 heterocycles. The maximum atomic E-state index is 11.7. The lowest BCUT2D eigenvalue weighted by Gasteiger charge is -2.06. The summed E-state index contributed by atoms with van der Waals surface area (Å²) >= 11 is 1.42. The van der Waals surface area contributed by atoms with Gasteiger partial charge in [0.25, 0.3) is 5.91 Å². The molecule has 106 valence electrons. The van der Waals surface area contributed by atoms with Crippen molar-refractivity contribution in [2.45, 2.75) is 6.92 Å². The lowest BCUT2D eigenvalue weighted by atomic mass is 10.1. The minimum absolute atomic E-state index is 0.139. The van der Waals surface area contributed by atoms with Gasteiger partial charge in [0.05, 0.1) is 0 Å². The molecule has 3 aromatic rings. The van der Waals surface area contributed by atoms with Crippen molar-refractivity contribution in [1.82, 2.24) is 10.3 Å². The number of anilines is 2. The molecule has 21 heavy (non-hydrogen) atoms. The van der Waals surface area contributed by atoms with Gasteiger partial charge in [-0.1, -0.05) is 36.4 Å². The van der Waals surface area contributed by atoms with E-state index in [1.807, 2.05) is 31.2 Å². The normalized spacial score (nSPS) is 10.5. The number of nitrogens with one attached hydrogen (secondary N) is 2. The highest BCUT2D eigenvalue weighted by atomic mass is 32.1. The fourth-order valence-corrected chi connectivity index (χ4v) is 2.84. The average molecular weight is 297 g/mol. The Morgan fingerprint density at radius 3 is 2.86 bits per heavy atom. The number of aromatic nitrogens is 1. The monoisotopic (exact) mass is 297 g/mol. The highest BCUT2D eigenvalue weighted by molar-refractivity contribution is 7.14. The van der Waals surface area contributed by atoms with Crippen molar-refractivity contribution in [2.75, 3.05) is 11.9 Å². The molecule has 1 amide bonds. The second-order valence-electron chi connectivity index (χ2n) is 4.55. The summed E-state index contributed by atoms with van der Waals surface area (Å²) in [6, 6.07) is 14.2. The fraction of sp³-hybridized carbons (Fsp3) is 0.125. The van der Waals surface area contributed by atoms with E-state index in [1.54, 1.807) is 5.38 Å². The topological polar surface area (TPSA) is 54.0 Å². The summed E-state index contributed by atoms with van der Waals surface area (Å²) in [5, 5.41) is 10.8. The minimum Gasteiger partial charge on any atom is -0.351 e. The molecule has 0 bridgehead atoms. The zero-order valence-electron chi connectivity index (χ0n) is 11.6. The van der Waals surface area contributed by atoms with Gasteiger partial charge in [-0.15, -0.1) is 11.3 Å². The molecule has 0 radical (unpaired) electrons. The van der Waals surface area contributed by atoms with Gasteiger partial charge in [-0.25, -0.2) is 4.98 Å². The minimum atomic E-state index is -0.139. The van der Waals surface area contributed by atoms with Crippen LogP contribution in [0.4, 0.5) is 10.8 Å². The summed E-state index contributed by atoms with van der Waals surface area (Å²) in [6.45, 7) is 2.49. The molecule has 0 aliphatic carbocycles. The van der Waals surface area contributed by atoms with Gasteiger partial charge in [-0.2, -0.15) is 0 Å². The summed E-state index contributed by atoms with van der Waals surface area (Å²) in [4.78, 5) is 16.1. The van der Waals surface area contributed by atoms with E-state index >= 15 is 0 Å². The summed E-state index contributed by atoms with van der Waals surface area (Å²) in [5.74, 6) is -0.139. The van der Waals surface area contributed by atoms with Crippen LogP contribution in [-0.4, -0.2) is 17.4 Å². The zero-order chi connectivity index (χ0) is 14.7. The Hall–Kier alpha value is -2.40. The average Bonchev–Trinajstić information content (AvgIpc) is 2.97. The van der Waals surface area contributed by atoms with E-state index in [0.717, 1.165) is 11.1 Å². The third-order valence-corrected chi connectivity index (χ3v) is 3.86. The number of rotatable bonds is 4. The van der Waals surface area contributed by atoms with Crippen LogP contribution in [0, 0.1) is 0 Å². The van der Waals surface area contributed by atoms with Crippen LogP contribution in [-0.2, 0) is 0 Å². The number of amides is 1. The predicted octanol–water partition coefficient (Wildman–Crippen LogP) is 3.79. The first-order valence-corrected chi connectivity index (χ1v) is 7.64. The Morgan fingerprint density at radius 2 is 2.00 bits per heavy atom. The molecule has 5 heteroatoms. The van der Waals surface area contributed by atoms with Gasteiger partial charge < -0.3 is 10.6 Å². The van der Waals surface area contributed by atoms with Gasteiger partial charge in [0, 0.05) is 23.0 Å². The van der Waals surface area contributed by atoms with Gasteiger partial charge in [0.1, 0.15) is 5.69 Å². The van der Waals surface area contributed by atoms with Crippen molar-refractivity contribution < 1.29 is 4.79 Å². The summed E-state index contributed by atoms with van der Waals surface area (Å²) in [5.41, 5.74) is 1.44. The Morgan fingerprint density at radius 1 is 1.19 bits per heavy atom. The number of carbonyl (C=O) groups is 1. The largest absolute Gasteiger partial charge is 0.351 e. The predicted molar refractivity (Wildman–Crippen MR) is 87.4 cm³/mol. The van der Waals surface area contributed by atoms with Crippen LogP contribution in [0.25, 0.3) is 10.8 Å². The van der Waals surface area contributed by atoms with E-state index in [1.165, 1.54) is 16.7 Å². The van der Waals surface area contributed by atoms with Crippen LogP contribution in [0.1, 0.15) is 17.4 Å². The number of hydrogen-bond acceptors (Lipinski definition) is 4. The first-order valence-electron chi connectivity index (χ1n) is 6.76. The highest BCUT2D eigenvalue weighted by Crippen LogP contribution is 2.27. The number of thiazole rings is 1. The van der Waals surface area contributed by atoms with Crippen LogP contribution in [0.2, 0.25) is 0 Å². The molecule has 0 fully saturated rings. The van der Waals surface area contributed by atoms with Crippen LogP contribution in [0.15, 0.2) is 47.8 Å². The van der Waals surface area contributed by atoms with E-state index in [-0.39, 0.29) is 5.91 Å². The van der Waals surface area contributed by atoms with Crippen LogP contribution in [0.5, 0.6) is 0 Å². The first-order chi connectivity index (χ1) is 10.3. The number of hydrogen-bond donors (Lipinski definition) is 2. The number of carbonyl (C=O) groups excluding carboxylic acids is 1. The summed E-state index contributed by atoms with van der Waals surface area (Å²) in [7, 11) is 0. The van der Waals surface area contributed by atoms with Crippen molar-refractivity contribution in [3.63, 3.8) is 0 Å². The molecule has 0 atom stereocenters. The van der Waals surface area contributed by atoms with E-state index in [4.69, 9.17) is 0 Å². The van der Waals surface area contributed by atoms with E-state index in [2.05, 4.69) is 33.8 Å². The molecule has 4 nitrogen and oxygen atoms in total. The maximum absolute atomic E-state index is 11.7. The fourth-order valence-electron chi connectivity index (χ4n) is 2.14.